The normalized spacial score (nSPS) is 12.1. The first-order chi connectivity index (χ1) is 8.51. The van der Waals surface area contributed by atoms with Gasteiger partial charge in [-0.15, -0.1) is 0 Å². The Balaban J connectivity index is 4.24. The van der Waals surface area contributed by atoms with E-state index in [0.29, 0.717) is 0 Å². The summed E-state index contributed by atoms with van der Waals surface area (Å²) in [6.45, 7) is 1.79. The number of rotatable bonds is 8. The van der Waals surface area contributed by atoms with Crippen molar-refractivity contribution in [1.82, 2.24) is 5.32 Å². The van der Waals surface area contributed by atoms with E-state index in [-0.39, 0.29) is 19.6 Å². The van der Waals surface area contributed by atoms with Crippen LogP contribution in [-0.4, -0.2) is 44.1 Å². The second kappa shape index (κ2) is 9.17. The van der Waals surface area contributed by atoms with Gasteiger partial charge in [0.05, 0.1) is 6.61 Å². The van der Waals surface area contributed by atoms with Crippen LogP contribution in [0.15, 0.2) is 12.2 Å². The molecule has 0 aliphatic carbocycles. The minimum absolute atomic E-state index is 0.115. The van der Waals surface area contributed by atoms with Gasteiger partial charge < -0.3 is 20.5 Å². The molecule has 0 aliphatic rings. The Morgan fingerprint density at radius 1 is 1.39 bits per heavy atom. The quantitative estimate of drug-likeness (QED) is 0.434. The van der Waals surface area contributed by atoms with Gasteiger partial charge in [0, 0.05) is 13.2 Å². The van der Waals surface area contributed by atoms with Gasteiger partial charge in [-0.1, -0.05) is 6.08 Å². The third kappa shape index (κ3) is 7.39. The minimum atomic E-state index is -0.877. The van der Waals surface area contributed by atoms with E-state index in [1.807, 2.05) is 0 Å². The molecule has 0 saturated heterocycles. The predicted octanol–water partition coefficient (Wildman–Crippen LogP) is -0.888. The van der Waals surface area contributed by atoms with Crippen LogP contribution < -0.4 is 11.1 Å². The van der Waals surface area contributed by atoms with Crippen molar-refractivity contribution in [3.05, 3.63) is 12.2 Å². The fourth-order valence-corrected chi connectivity index (χ4v) is 1.10. The summed E-state index contributed by atoms with van der Waals surface area (Å²) in [4.78, 5) is 33.2. The van der Waals surface area contributed by atoms with Crippen molar-refractivity contribution in [2.75, 3.05) is 20.3 Å². The summed E-state index contributed by atoms with van der Waals surface area (Å²) >= 11 is 0. The molecule has 0 heterocycles. The lowest BCUT2D eigenvalue weighted by molar-refractivity contribution is -0.137. The van der Waals surface area contributed by atoms with Crippen molar-refractivity contribution < 1.29 is 23.9 Å². The largest absolute Gasteiger partial charge is 0.463 e. The number of carbonyl (C=O) groups excluding carboxylic acids is 3. The zero-order valence-electron chi connectivity index (χ0n) is 10.5. The van der Waals surface area contributed by atoms with Crippen LogP contribution in [0.25, 0.3) is 0 Å². The summed E-state index contributed by atoms with van der Waals surface area (Å²) in [6.07, 6.45) is 2.71. The first-order valence-corrected chi connectivity index (χ1v) is 5.42. The van der Waals surface area contributed by atoms with Crippen molar-refractivity contribution in [2.24, 2.45) is 5.73 Å². The summed E-state index contributed by atoms with van der Waals surface area (Å²) in [7, 11) is 1.36. The van der Waals surface area contributed by atoms with Gasteiger partial charge in [-0.2, -0.15) is 0 Å². The number of primary amides is 1. The van der Waals surface area contributed by atoms with Gasteiger partial charge in [0.1, 0.15) is 12.6 Å². The molecule has 7 nitrogen and oxygen atoms in total. The predicted molar refractivity (Wildman–Crippen MR) is 63.4 cm³/mol. The van der Waals surface area contributed by atoms with Gasteiger partial charge in [0.25, 0.3) is 0 Å². The summed E-state index contributed by atoms with van der Waals surface area (Å²) in [6, 6.07) is -0.877. The minimum Gasteiger partial charge on any atom is -0.463 e. The van der Waals surface area contributed by atoms with Gasteiger partial charge in [-0.25, -0.2) is 4.79 Å². The van der Waals surface area contributed by atoms with E-state index in [4.69, 9.17) is 5.73 Å². The Labute approximate surface area is 105 Å². The maximum Gasteiger partial charge on any atom is 0.330 e. The first-order valence-electron chi connectivity index (χ1n) is 5.42. The van der Waals surface area contributed by atoms with Gasteiger partial charge in [-0.05, 0) is 13.3 Å². The number of amides is 2. The SMILES string of the molecule is CCOC(=O)/C=C/C[C@H](NC(=O)COC)C(N)=O. The molecule has 2 amide bonds. The maximum atomic E-state index is 11.2. The number of esters is 1. The molecule has 0 spiro atoms. The average molecular weight is 258 g/mol. The molecule has 3 N–H and O–H groups in total. The molecule has 0 rings (SSSR count). The van der Waals surface area contributed by atoms with Crippen LogP contribution in [0.2, 0.25) is 0 Å². The number of ether oxygens (including phenoxy) is 2. The van der Waals surface area contributed by atoms with E-state index in [9.17, 15) is 14.4 Å². The standard InChI is InChI=1S/C11H18N2O5/c1-3-18-10(15)6-4-5-8(11(12)16)13-9(14)7-17-2/h4,6,8H,3,5,7H2,1-2H3,(H2,12,16)(H,13,14)/b6-4+/t8-/m0/s1. The van der Waals surface area contributed by atoms with Crippen LogP contribution >= 0.6 is 0 Å². The van der Waals surface area contributed by atoms with Gasteiger partial charge in [-0.3, -0.25) is 9.59 Å². The van der Waals surface area contributed by atoms with Crippen LogP contribution in [0, 0.1) is 0 Å². The molecular weight excluding hydrogens is 240 g/mol. The lowest BCUT2D eigenvalue weighted by atomic mass is 10.2. The molecule has 102 valence electrons. The summed E-state index contributed by atoms with van der Waals surface area (Å²) in [5.41, 5.74) is 5.11. The highest BCUT2D eigenvalue weighted by Gasteiger charge is 2.16. The van der Waals surface area contributed by atoms with Crippen molar-refractivity contribution in [1.29, 1.82) is 0 Å². The fraction of sp³-hybridized carbons (Fsp3) is 0.545. The van der Waals surface area contributed by atoms with Crippen molar-refractivity contribution in [3.63, 3.8) is 0 Å². The average Bonchev–Trinajstić information content (AvgIpc) is 2.28. The Morgan fingerprint density at radius 3 is 2.56 bits per heavy atom. The van der Waals surface area contributed by atoms with Gasteiger partial charge >= 0.3 is 5.97 Å². The second-order valence-electron chi connectivity index (χ2n) is 3.35. The van der Waals surface area contributed by atoms with Gasteiger partial charge in [0.15, 0.2) is 0 Å². The van der Waals surface area contributed by atoms with E-state index >= 15 is 0 Å². The zero-order chi connectivity index (χ0) is 14.0. The highest BCUT2D eigenvalue weighted by molar-refractivity contribution is 5.87. The third-order valence-corrected chi connectivity index (χ3v) is 1.87. The van der Waals surface area contributed by atoms with Crippen molar-refractivity contribution in [2.45, 2.75) is 19.4 Å². The molecular formula is C11H18N2O5. The fourth-order valence-electron chi connectivity index (χ4n) is 1.10. The Bertz CT molecular complexity index is 327. The molecule has 0 radical (unpaired) electrons. The molecule has 0 aromatic rings. The topological polar surface area (TPSA) is 108 Å². The lowest BCUT2D eigenvalue weighted by Crippen LogP contribution is -2.45. The van der Waals surface area contributed by atoms with E-state index in [1.54, 1.807) is 6.92 Å². The molecule has 0 fully saturated rings. The van der Waals surface area contributed by atoms with Gasteiger partial charge in [0.2, 0.25) is 11.8 Å². The molecule has 1 atom stereocenters. The molecule has 0 saturated carbocycles. The molecule has 7 heteroatoms. The molecule has 18 heavy (non-hydrogen) atoms. The monoisotopic (exact) mass is 258 g/mol. The number of carbonyl (C=O) groups is 3. The van der Waals surface area contributed by atoms with Crippen LogP contribution in [0.3, 0.4) is 0 Å². The first kappa shape index (κ1) is 16.1. The molecule has 0 aliphatic heterocycles. The van der Waals surface area contributed by atoms with E-state index in [1.165, 1.54) is 19.3 Å². The van der Waals surface area contributed by atoms with E-state index in [2.05, 4.69) is 14.8 Å². The van der Waals surface area contributed by atoms with Crippen LogP contribution in [0.1, 0.15) is 13.3 Å². The molecule has 0 aromatic carbocycles. The number of nitrogens with one attached hydrogen (secondary N) is 1. The Kier molecular flexibility index (Phi) is 8.21. The number of nitrogens with two attached hydrogens (primary N) is 1. The highest BCUT2D eigenvalue weighted by Crippen LogP contribution is 1.94. The molecule has 0 aromatic heterocycles. The highest BCUT2D eigenvalue weighted by atomic mass is 16.5. The molecule has 0 unspecified atom stereocenters. The summed E-state index contributed by atoms with van der Waals surface area (Å²) in [5.74, 6) is -1.65. The number of methoxy groups -OCH3 is 1. The van der Waals surface area contributed by atoms with E-state index < -0.39 is 23.8 Å². The van der Waals surface area contributed by atoms with Crippen LogP contribution in [0.4, 0.5) is 0 Å². The van der Waals surface area contributed by atoms with Crippen LogP contribution in [0.5, 0.6) is 0 Å². The van der Waals surface area contributed by atoms with E-state index in [0.717, 1.165) is 0 Å². The summed E-state index contributed by atoms with van der Waals surface area (Å²) < 4.78 is 9.26. The van der Waals surface area contributed by atoms with Crippen molar-refractivity contribution >= 4 is 17.8 Å². The second-order valence-corrected chi connectivity index (χ2v) is 3.35. The van der Waals surface area contributed by atoms with Crippen LogP contribution in [-0.2, 0) is 23.9 Å². The maximum absolute atomic E-state index is 11.2. The third-order valence-electron chi connectivity index (χ3n) is 1.87. The van der Waals surface area contributed by atoms with Crippen molar-refractivity contribution in [3.8, 4) is 0 Å². The molecule has 0 bridgehead atoms. The Hall–Kier alpha value is -1.89. The summed E-state index contributed by atoms with van der Waals surface area (Å²) in [5, 5.41) is 2.38. The zero-order valence-corrected chi connectivity index (χ0v) is 10.5. The lowest BCUT2D eigenvalue weighted by Gasteiger charge is -2.12. The number of hydrogen-bond acceptors (Lipinski definition) is 5. The number of hydrogen-bond donors (Lipinski definition) is 2. The Morgan fingerprint density at radius 2 is 2.06 bits per heavy atom. The smallest absolute Gasteiger partial charge is 0.330 e.